The lowest BCUT2D eigenvalue weighted by Crippen LogP contribution is -2.38. The molecule has 0 aromatic heterocycles. The number of hydrogen-bond donors (Lipinski definition) is 0. The Morgan fingerprint density at radius 2 is 1.29 bits per heavy atom. The number of hydrogen-bond acceptors (Lipinski definition) is 2. The zero-order chi connectivity index (χ0) is 17.5. The Labute approximate surface area is 159 Å². The van der Waals surface area contributed by atoms with Crippen LogP contribution in [0.25, 0.3) is 0 Å². The molecule has 0 aliphatic heterocycles. The molecule has 0 spiro atoms. The van der Waals surface area contributed by atoms with E-state index in [1.807, 2.05) is 12.1 Å². The summed E-state index contributed by atoms with van der Waals surface area (Å²) < 4.78 is 1.38. The number of carbonyl (C=O) groups is 2. The molecular weight excluding hydrogens is 434 g/mol. The van der Waals surface area contributed by atoms with E-state index < -0.39 is 0 Å². The van der Waals surface area contributed by atoms with Gasteiger partial charge in [0.1, 0.15) is 0 Å². The molecule has 0 radical (unpaired) electrons. The molecule has 0 fully saturated rings. The summed E-state index contributed by atoms with van der Waals surface area (Å²) in [6, 6.07) is 14.4. The molecule has 2 aromatic rings. The first-order valence-electron chi connectivity index (χ1n) is 7.91. The number of halogens is 2. The molecule has 5 heteroatoms. The second kappa shape index (κ2) is 9.14. The van der Waals surface area contributed by atoms with Gasteiger partial charge in [-0.3, -0.25) is 14.5 Å². The van der Waals surface area contributed by atoms with E-state index in [1.54, 1.807) is 36.4 Å². The Morgan fingerprint density at radius 1 is 0.833 bits per heavy atom. The molecule has 0 saturated carbocycles. The number of carbonyl (C=O) groups excluding carboxylic acids is 2. The summed E-state index contributed by atoms with van der Waals surface area (Å²) in [6.07, 6.45) is 2.80. The Balaban J connectivity index is 2.34. The van der Waals surface area contributed by atoms with Crippen molar-refractivity contribution in [2.24, 2.45) is 0 Å². The molecule has 2 aromatic carbocycles. The highest BCUT2D eigenvalue weighted by Crippen LogP contribution is 2.22. The molecule has 0 saturated heterocycles. The van der Waals surface area contributed by atoms with E-state index in [9.17, 15) is 9.59 Å². The highest BCUT2D eigenvalue weighted by molar-refractivity contribution is 9.10. The van der Waals surface area contributed by atoms with Gasteiger partial charge in [0.15, 0.2) is 0 Å². The fourth-order valence-corrected chi connectivity index (χ4v) is 3.28. The number of unbranched alkanes of at least 4 members (excludes halogenated alkanes) is 2. The third-order valence-electron chi connectivity index (χ3n) is 3.68. The van der Waals surface area contributed by atoms with E-state index in [2.05, 4.69) is 38.8 Å². The molecule has 2 rings (SSSR count). The lowest BCUT2D eigenvalue weighted by Gasteiger charge is -2.22. The summed E-state index contributed by atoms with van der Waals surface area (Å²) in [6.45, 7) is 2.50. The molecular formula is C19H19Br2NO2. The number of benzene rings is 2. The van der Waals surface area contributed by atoms with Crippen molar-refractivity contribution in [3.8, 4) is 0 Å². The average Bonchev–Trinajstić information content (AvgIpc) is 2.58. The maximum atomic E-state index is 12.9. The Hall–Kier alpha value is -1.46. The predicted molar refractivity (Wildman–Crippen MR) is 103 cm³/mol. The maximum Gasteiger partial charge on any atom is 0.261 e. The number of imide groups is 1. The van der Waals surface area contributed by atoms with E-state index in [-0.39, 0.29) is 11.8 Å². The van der Waals surface area contributed by atoms with Crippen molar-refractivity contribution in [1.82, 2.24) is 4.90 Å². The molecule has 2 amide bonds. The molecule has 126 valence electrons. The van der Waals surface area contributed by atoms with Gasteiger partial charge in [0.05, 0.1) is 11.1 Å². The van der Waals surface area contributed by atoms with Crippen molar-refractivity contribution < 1.29 is 9.59 Å². The topological polar surface area (TPSA) is 37.4 Å². The van der Waals surface area contributed by atoms with Crippen molar-refractivity contribution >= 4 is 43.7 Å². The molecule has 0 N–H and O–H groups in total. The molecule has 3 nitrogen and oxygen atoms in total. The minimum Gasteiger partial charge on any atom is -0.274 e. The van der Waals surface area contributed by atoms with Crippen molar-refractivity contribution in [2.75, 3.05) is 6.54 Å². The zero-order valence-corrected chi connectivity index (χ0v) is 16.6. The number of amides is 2. The lowest BCUT2D eigenvalue weighted by molar-refractivity contribution is 0.0612. The van der Waals surface area contributed by atoms with Gasteiger partial charge in [-0.1, -0.05) is 44.0 Å². The number of rotatable bonds is 6. The van der Waals surface area contributed by atoms with Gasteiger partial charge in [0.25, 0.3) is 11.8 Å². The normalized spacial score (nSPS) is 10.5. The summed E-state index contributed by atoms with van der Waals surface area (Å²) in [4.78, 5) is 27.2. The molecule has 0 aliphatic carbocycles. The van der Waals surface area contributed by atoms with Crippen LogP contribution >= 0.6 is 31.9 Å². The van der Waals surface area contributed by atoms with Crippen LogP contribution in [0.5, 0.6) is 0 Å². The van der Waals surface area contributed by atoms with Gasteiger partial charge >= 0.3 is 0 Å². The van der Waals surface area contributed by atoms with Gasteiger partial charge in [0, 0.05) is 15.5 Å². The second-order valence-electron chi connectivity index (χ2n) is 5.43. The van der Waals surface area contributed by atoms with Crippen molar-refractivity contribution in [3.05, 3.63) is 68.6 Å². The van der Waals surface area contributed by atoms with Crippen LogP contribution in [0.1, 0.15) is 46.9 Å². The number of nitrogens with zero attached hydrogens (tertiary/aromatic N) is 1. The summed E-state index contributed by atoms with van der Waals surface area (Å²) in [5, 5.41) is 0. The van der Waals surface area contributed by atoms with Crippen LogP contribution in [0.3, 0.4) is 0 Å². The van der Waals surface area contributed by atoms with E-state index in [4.69, 9.17) is 0 Å². The first kappa shape index (κ1) is 18.9. The largest absolute Gasteiger partial charge is 0.274 e. The van der Waals surface area contributed by atoms with Gasteiger partial charge < -0.3 is 0 Å². The summed E-state index contributed by atoms with van der Waals surface area (Å²) in [7, 11) is 0. The first-order valence-corrected chi connectivity index (χ1v) is 9.50. The summed E-state index contributed by atoms with van der Waals surface area (Å²) in [5.74, 6) is -0.557. The Bertz CT molecular complexity index is 673. The average molecular weight is 453 g/mol. The van der Waals surface area contributed by atoms with Crippen molar-refractivity contribution in [1.29, 1.82) is 0 Å². The fourth-order valence-electron chi connectivity index (χ4n) is 2.38. The quantitative estimate of drug-likeness (QED) is 0.417. The molecule has 0 bridgehead atoms. The molecule has 0 heterocycles. The van der Waals surface area contributed by atoms with E-state index in [0.29, 0.717) is 26.6 Å². The van der Waals surface area contributed by atoms with Crippen LogP contribution in [-0.2, 0) is 0 Å². The highest BCUT2D eigenvalue weighted by Gasteiger charge is 2.26. The van der Waals surface area contributed by atoms with Gasteiger partial charge in [-0.05, 0) is 62.5 Å². The van der Waals surface area contributed by atoms with Crippen LogP contribution in [0, 0.1) is 0 Å². The standard InChI is InChI=1S/C19H19Br2NO2/c1-2-3-8-13-22(18(23)14-9-4-6-11-16(14)20)19(24)15-10-5-7-12-17(15)21/h4-7,9-12H,2-3,8,13H2,1H3. The third kappa shape index (κ3) is 4.54. The maximum absolute atomic E-state index is 12.9. The van der Waals surface area contributed by atoms with Crippen molar-refractivity contribution in [2.45, 2.75) is 26.2 Å². The van der Waals surface area contributed by atoms with E-state index in [0.717, 1.165) is 19.3 Å². The summed E-state index contributed by atoms with van der Waals surface area (Å²) in [5.41, 5.74) is 0.990. The first-order chi connectivity index (χ1) is 11.6. The second-order valence-corrected chi connectivity index (χ2v) is 7.14. The molecule has 0 atom stereocenters. The Morgan fingerprint density at radius 3 is 1.71 bits per heavy atom. The SMILES string of the molecule is CCCCCN(C(=O)c1ccccc1Br)C(=O)c1ccccc1Br. The molecule has 0 unspecified atom stereocenters. The fraction of sp³-hybridized carbons (Fsp3) is 0.263. The highest BCUT2D eigenvalue weighted by atomic mass is 79.9. The monoisotopic (exact) mass is 451 g/mol. The van der Waals surface area contributed by atoms with Crippen LogP contribution in [-0.4, -0.2) is 23.3 Å². The van der Waals surface area contributed by atoms with E-state index in [1.165, 1.54) is 4.90 Å². The van der Waals surface area contributed by atoms with E-state index >= 15 is 0 Å². The van der Waals surface area contributed by atoms with Crippen molar-refractivity contribution in [3.63, 3.8) is 0 Å². The summed E-state index contributed by atoms with van der Waals surface area (Å²) >= 11 is 6.80. The minimum absolute atomic E-state index is 0.278. The molecule has 24 heavy (non-hydrogen) atoms. The van der Waals surface area contributed by atoms with Crippen LogP contribution in [0.4, 0.5) is 0 Å². The van der Waals surface area contributed by atoms with Gasteiger partial charge in [0.2, 0.25) is 0 Å². The lowest BCUT2D eigenvalue weighted by atomic mass is 10.1. The van der Waals surface area contributed by atoms with Gasteiger partial charge in [-0.2, -0.15) is 0 Å². The third-order valence-corrected chi connectivity index (χ3v) is 5.07. The smallest absolute Gasteiger partial charge is 0.261 e. The van der Waals surface area contributed by atoms with Crippen LogP contribution < -0.4 is 0 Å². The van der Waals surface area contributed by atoms with Gasteiger partial charge in [-0.25, -0.2) is 0 Å². The molecule has 0 aliphatic rings. The zero-order valence-electron chi connectivity index (χ0n) is 13.5. The van der Waals surface area contributed by atoms with Crippen LogP contribution in [0.15, 0.2) is 57.5 Å². The Kier molecular flexibility index (Phi) is 7.18. The van der Waals surface area contributed by atoms with Gasteiger partial charge in [-0.15, -0.1) is 0 Å². The predicted octanol–water partition coefficient (Wildman–Crippen LogP) is 5.68. The van der Waals surface area contributed by atoms with Crippen LogP contribution in [0.2, 0.25) is 0 Å². The minimum atomic E-state index is -0.278.